The SMILES string of the molecule is CC1CC(OS(=O)(=O)C(F)(F)F)=C(C(=O)O)CN1C(=O)O. The van der Waals surface area contributed by atoms with Crippen molar-refractivity contribution in [3.8, 4) is 0 Å². The number of hydrogen-bond acceptors (Lipinski definition) is 5. The summed E-state index contributed by atoms with van der Waals surface area (Å²) >= 11 is 0. The third-order valence-electron chi connectivity index (χ3n) is 2.68. The van der Waals surface area contributed by atoms with Gasteiger partial charge in [-0.05, 0) is 6.92 Å². The number of halogens is 3. The van der Waals surface area contributed by atoms with Gasteiger partial charge in [-0.2, -0.15) is 21.6 Å². The molecule has 1 aliphatic heterocycles. The predicted molar refractivity (Wildman–Crippen MR) is 59.5 cm³/mol. The first-order valence-corrected chi connectivity index (χ1v) is 6.73. The number of alkyl halides is 3. The third-order valence-corrected chi connectivity index (χ3v) is 3.66. The van der Waals surface area contributed by atoms with Gasteiger partial charge in [0.15, 0.2) is 0 Å². The van der Waals surface area contributed by atoms with Crippen molar-refractivity contribution >= 4 is 22.2 Å². The molecule has 1 aliphatic rings. The van der Waals surface area contributed by atoms with Crippen LogP contribution in [0.25, 0.3) is 0 Å². The van der Waals surface area contributed by atoms with E-state index in [1.165, 1.54) is 6.92 Å². The fourth-order valence-electron chi connectivity index (χ4n) is 1.62. The number of carboxylic acid groups (broad SMARTS) is 2. The van der Waals surface area contributed by atoms with Gasteiger partial charge in [-0.3, -0.25) is 0 Å². The average molecular weight is 333 g/mol. The highest BCUT2D eigenvalue weighted by molar-refractivity contribution is 7.87. The van der Waals surface area contributed by atoms with Crippen LogP contribution in [0, 0.1) is 0 Å². The summed E-state index contributed by atoms with van der Waals surface area (Å²) in [4.78, 5) is 22.4. The fourth-order valence-corrected chi connectivity index (χ4v) is 2.15. The van der Waals surface area contributed by atoms with E-state index >= 15 is 0 Å². The lowest BCUT2D eigenvalue weighted by Gasteiger charge is -2.32. The van der Waals surface area contributed by atoms with E-state index in [4.69, 9.17) is 10.2 Å². The molecule has 0 aromatic rings. The molecule has 1 amide bonds. The summed E-state index contributed by atoms with van der Waals surface area (Å²) in [7, 11) is -6.01. The number of nitrogens with zero attached hydrogens (tertiary/aromatic N) is 1. The fraction of sp³-hybridized carbons (Fsp3) is 0.556. The maximum absolute atomic E-state index is 12.2. The number of rotatable bonds is 3. The van der Waals surface area contributed by atoms with Crippen LogP contribution in [-0.2, 0) is 19.1 Å². The van der Waals surface area contributed by atoms with Crippen molar-refractivity contribution in [1.29, 1.82) is 0 Å². The number of amides is 1. The molecule has 12 heteroatoms. The van der Waals surface area contributed by atoms with Gasteiger partial charge in [0.05, 0.1) is 12.1 Å². The molecule has 2 N–H and O–H groups in total. The Bertz CT molecular complexity index is 595. The van der Waals surface area contributed by atoms with Gasteiger partial charge in [0.1, 0.15) is 5.76 Å². The Labute approximate surface area is 116 Å². The molecule has 0 fully saturated rings. The summed E-state index contributed by atoms with van der Waals surface area (Å²) < 4.78 is 62.3. The molecule has 1 unspecified atom stereocenters. The molecule has 1 atom stereocenters. The van der Waals surface area contributed by atoms with Crippen molar-refractivity contribution in [2.24, 2.45) is 0 Å². The molecular formula is C9H10F3NO7S. The Morgan fingerprint density at radius 3 is 2.24 bits per heavy atom. The van der Waals surface area contributed by atoms with Crippen LogP contribution in [0.3, 0.4) is 0 Å². The molecule has 0 saturated carbocycles. The van der Waals surface area contributed by atoms with Gasteiger partial charge in [0.2, 0.25) is 0 Å². The van der Waals surface area contributed by atoms with E-state index in [9.17, 15) is 31.2 Å². The number of carbonyl (C=O) groups is 2. The highest BCUT2D eigenvalue weighted by Gasteiger charge is 2.50. The molecule has 120 valence electrons. The van der Waals surface area contributed by atoms with Crippen molar-refractivity contribution in [2.75, 3.05) is 6.54 Å². The van der Waals surface area contributed by atoms with Crippen LogP contribution in [0.15, 0.2) is 11.3 Å². The van der Waals surface area contributed by atoms with Crippen molar-refractivity contribution in [1.82, 2.24) is 4.90 Å². The first kappa shape index (κ1) is 17.1. The van der Waals surface area contributed by atoms with E-state index in [-0.39, 0.29) is 0 Å². The molecule has 1 rings (SSSR count). The van der Waals surface area contributed by atoms with Crippen LogP contribution in [0.4, 0.5) is 18.0 Å². The van der Waals surface area contributed by atoms with E-state index in [1.807, 2.05) is 0 Å². The van der Waals surface area contributed by atoms with E-state index in [1.54, 1.807) is 0 Å². The third kappa shape index (κ3) is 3.56. The van der Waals surface area contributed by atoms with E-state index in [2.05, 4.69) is 4.18 Å². The van der Waals surface area contributed by atoms with Crippen molar-refractivity contribution in [3.63, 3.8) is 0 Å². The van der Waals surface area contributed by atoms with Crippen LogP contribution in [-0.4, -0.2) is 53.7 Å². The molecule has 0 bridgehead atoms. The van der Waals surface area contributed by atoms with Crippen molar-refractivity contribution < 1.29 is 45.6 Å². The Balaban J connectivity index is 3.22. The van der Waals surface area contributed by atoms with Gasteiger partial charge in [-0.15, -0.1) is 0 Å². The second-order valence-electron chi connectivity index (χ2n) is 4.15. The number of hydrogen-bond donors (Lipinski definition) is 2. The molecule has 0 aromatic carbocycles. The van der Waals surface area contributed by atoms with E-state index < -0.39 is 58.0 Å². The van der Waals surface area contributed by atoms with E-state index in [0.29, 0.717) is 4.90 Å². The van der Waals surface area contributed by atoms with Crippen molar-refractivity contribution in [2.45, 2.75) is 24.9 Å². The van der Waals surface area contributed by atoms with Crippen LogP contribution >= 0.6 is 0 Å². The van der Waals surface area contributed by atoms with Gasteiger partial charge >= 0.3 is 27.7 Å². The van der Waals surface area contributed by atoms with Crippen LogP contribution < -0.4 is 0 Å². The van der Waals surface area contributed by atoms with Gasteiger partial charge in [0, 0.05) is 12.5 Å². The molecular weight excluding hydrogens is 323 g/mol. The zero-order chi connectivity index (χ0) is 16.6. The monoisotopic (exact) mass is 333 g/mol. The lowest BCUT2D eigenvalue weighted by molar-refractivity contribution is -0.133. The zero-order valence-corrected chi connectivity index (χ0v) is 11.2. The summed E-state index contributed by atoms with van der Waals surface area (Å²) in [5.74, 6) is -2.69. The van der Waals surface area contributed by atoms with Gasteiger partial charge in [-0.1, -0.05) is 0 Å². The Kier molecular flexibility index (Phi) is 4.41. The van der Waals surface area contributed by atoms with Crippen molar-refractivity contribution in [3.05, 3.63) is 11.3 Å². The van der Waals surface area contributed by atoms with Gasteiger partial charge in [0.25, 0.3) is 0 Å². The maximum atomic E-state index is 12.2. The molecule has 8 nitrogen and oxygen atoms in total. The normalized spacial score (nSPS) is 20.4. The maximum Gasteiger partial charge on any atom is 0.534 e. The van der Waals surface area contributed by atoms with Gasteiger partial charge in [-0.25, -0.2) is 9.59 Å². The first-order valence-electron chi connectivity index (χ1n) is 5.32. The second-order valence-corrected chi connectivity index (χ2v) is 5.69. The quantitative estimate of drug-likeness (QED) is 0.583. The standard InChI is InChI=1S/C9H10F3NO7S/c1-4-2-6(20-21(18,19)9(10,11)12)5(7(14)15)3-13(4)8(16)17/h4H,2-3H2,1H3,(H,14,15)(H,16,17). The lowest BCUT2D eigenvalue weighted by atomic mass is 10.0. The Morgan fingerprint density at radius 1 is 1.33 bits per heavy atom. The van der Waals surface area contributed by atoms with Gasteiger partial charge < -0.3 is 19.3 Å². The summed E-state index contributed by atoms with van der Waals surface area (Å²) in [5, 5.41) is 17.7. The van der Waals surface area contributed by atoms with E-state index in [0.717, 1.165) is 0 Å². The minimum atomic E-state index is -6.01. The van der Waals surface area contributed by atoms with Crippen LogP contribution in [0.1, 0.15) is 13.3 Å². The lowest BCUT2D eigenvalue weighted by Crippen LogP contribution is -2.44. The highest BCUT2D eigenvalue weighted by atomic mass is 32.2. The highest BCUT2D eigenvalue weighted by Crippen LogP contribution is 2.31. The molecule has 0 radical (unpaired) electrons. The van der Waals surface area contributed by atoms with Crippen LogP contribution in [0.5, 0.6) is 0 Å². The zero-order valence-electron chi connectivity index (χ0n) is 10.4. The minimum absolute atomic E-state index is 0.608. The Morgan fingerprint density at radius 2 is 1.86 bits per heavy atom. The number of aliphatic carboxylic acids is 1. The first-order chi connectivity index (χ1) is 9.36. The summed E-state index contributed by atoms with van der Waals surface area (Å²) in [6.45, 7) is 0.491. The average Bonchev–Trinajstić information content (AvgIpc) is 2.25. The second kappa shape index (κ2) is 5.42. The molecule has 1 heterocycles. The Hall–Kier alpha value is -1.98. The van der Waals surface area contributed by atoms with Crippen LogP contribution in [0.2, 0.25) is 0 Å². The molecule has 0 spiro atoms. The summed E-state index contributed by atoms with van der Waals surface area (Å²) in [6.07, 6.45) is -2.09. The summed E-state index contributed by atoms with van der Waals surface area (Å²) in [6, 6.07) is -0.941. The molecule has 0 aromatic heterocycles. The predicted octanol–water partition coefficient (Wildman–Crippen LogP) is 0.964. The molecule has 0 aliphatic carbocycles. The number of carboxylic acids is 1. The summed E-state index contributed by atoms with van der Waals surface area (Å²) in [5.41, 5.74) is -6.57. The molecule has 0 saturated heterocycles. The topological polar surface area (TPSA) is 121 Å². The smallest absolute Gasteiger partial charge is 0.478 e. The minimum Gasteiger partial charge on any atom is -0.478 e. The largest absolute Gasteiger partial charge is 0.534 e. The molecule has 21 heavy (non-hydrogen) atoms.